The molecule has 1 fully saturated rings. The van der Waals surface area contributed by atoms with Gasteiger partial charge in [0.1, 0.15) is 10.7 Å². The zero-order valence-electron chi connectivity index (χ0n) is 11.6. The molecular weight excluding hydrogens is 278 g/mol. The molecular formula is C14H20ClN3O2. The number of anilines is 1. The predicted octanol–water partition coefficient (Wildman–Crippen LogP) is 3.07. The highest BCUT2D eigenvalue weighted by Gasteiger charge is 2.26. The minimum Gasteiger partial charge on any atom is -0.366 e. The Hall–Kier alpha value is -1.33. The molecule has 0 aliphatic carbocycles. The second-order valence-electron chi connectivity index (χ2n) is 5.10. The Labute approximate surface area is 124 Å². The third-order valence-corrected chi connectivity index (χ3v) is 4.09. The van der Waals surface area contributed by atoms with Crippen LogP contribution in [0.25, 0.3) is 0 Å². The van der Waals surface area contributed by atoms with Gasteiger partial charge in [-0.3, -0.25) is 10.1 Å². The van der Waals surface area contributed by atoms with Crippen LogP contribution in [0.2, 0.25) is 5.02 Å². The van der Waals surface area contributed by atoms with Crippen LogP contribution in [0.1, 0.15) is 19.8 Å². The second-order valence-corrected chi connectivity index (χ2v) is 5.51. The molecule has 20 heavy (non-hydrogen) atoms. The largest absolute Gasteiger partial charge is 0.366 e. The molecule has 0 saturated carbocycles. The summed E-state index contributed by atoms with van der Waals surface area (Å²) in [7, 11) is 0. The first-order valence-corrected chi connectivity index (χ1v) is 7.39. The summed E-state index contributed by atoms with van der Waals surface area (Å²) >= 11 is 5.96. The number of nitrogens with one attached hydrogen (secondary N) is 1. The topological polar surface area (TPSA) is 58.4 Å². The van der Waals surface area contributed by atoms with Crippen molar-refractivity contribution >= 4 is 23.0 Å². The van der Waals surface area contributed by atoms with Crippen LogP contribution in [-0.4, -0.2) is 31.1 Å². The normalized spacial score (nSPS) is 16.4. The van der Waals surface area contributed by atoms with Crippen LogP contribution in [-0.2, 0) is 0 Å². The van der Waals surface area contributed by atoms with Crippen LogP contribution < -0.4 is 10.2 Å². The molecule has 0 unspecified atom stereocenters. The molecule has 1 aliphatic rings. The van der Waals surface area contributed by atoms with E-state index in [4.69, 9.17) is 11.6 Å². The number of rotatable bonds is 5. The first kappa shape index (κ1) is 15.1. The fourth-order valence-electron chi connectivity index (χ4n) is 2.67. The van der Waals surface area contributed by atoms with Crippen molar-refractivity contribution in [2.75, 3.05) is 31.1 Å². The van der Waals surface area contributed by atoms with Gasteiger partial charge in [0.15, 0.2) is 0 Å². The predicted molar refractivity (Wildman–Crippen MR) is 81.6 cm³/mol. The van der Waals surface area contributed by atoms with Crippen LogP contribution in [0.15, 0.2) is 18.2 Å². The molecule has 1 aliphatic heterocycles. The minimum atomic E-state index is -0.387. The van der Waals surface area contributed by atoms with Gasteiger partial charge in [0.05, 0.1) is 4.92 Å². The van der Waals surface area contributed by atoms with Crippen molar-refractivity contribution in [2.24, 2.45) is 5.92 Å². The number of halogens is 1. The lowest BCUT2D eigenvalue weighted by molar-refractivity contribution is -0.384. The molecule has 110 valence electrons. The van der Waals surface area contributed by atoms with E-state index in [0.29, 0.717) is 11.6 Å². The first-order valence-electron chi connectivity index (χ1n) is 7.02. The Kier molecular flexibility index (Phi) is 5.20. The maximum atomic E-state index is 11.2. The Bertz CT molecular complexity index is 473. The highest BCUT2D eigenvalue weighted by Crippen LogP contribution is 2.36. The molecule has 1 heterocycles. The zero-order chi connectivity index (χ0) is 14.5. The monoisotopic (exact) mass is 297 g/mol. The fourth-order valence-corrected chi connectivity index (χ4v) is 2.90. The summed E-state index contributed by atoms with van der Waals surface area (Å²) in [5, 5.41) is 14.7. The average Bonchev–Trinajstić information content (AvgIpc) is 2.45. The van der Waals surface area contributed by atoms with Gasteiger partial charge >= 0.3 is 5.69 Å². The molecule has 2 rings (SSSR count). The molecule has 1 aromatic rings. The molecule has 0 amide bonds. The minimum absolute atomic E-state index is 0.0271. The van der Waals surface area contributed by atoms with E-state index >= 15 is 0 Å². The molecule has 0 atom stereocenters. The van der Waals surface area contributed by atoms with E-state index in [9.17, 15) is 10.1 Å². The van der Waals surface area contributed by atoms with Gasteiger partial charge in [-0.25, -0.2) is 0 Å². The van der Waals surface area contributed by atoms with E-state index in [-0.39, 0.29) is 15.6 Å². The summed E-state index contributed by atoms with van der Waals surface area (Å²) in [6.07, 6.45) is 2.10. The summed E-state index contributed by atoms with van der Waals surface area (Å²) < 4.78 is 0. The highest BCUT2D eigenvalue weighted by molar-refractivity contribution is 6.33. The number of piperidine rings is 1. The lowest BCUT2D eigenvalue weighted by Gasteiger charge is -2.33. The van der Waals surface area contributed by atoms with Gasteiger partial charge in [-0.05, 0) is 44.0 Å². The average molecular weight is 298 g/mol. The van der Waals surface area contributed by atoms with Gasteiger partial charge in [0.2, 0.25) is 0 Å². The number of hydrogen-bond donors (Lipinski definition) is 1. The number of hydrogen-bond acceptors (Lipinski definition) is 4. The third-order valence-electron chi connectivity index (χ3n) is 3.79. The summed E-state index contributed by atoms with van der Waals surface area (Å²) in [6.45, 7) is 5.81. The summed E-state index contributed by atoms with van der Waals surface area (Å²) in [6, 6.07) is 5.13. The number of para-hydroxylation sites is 1. The smallest absolute Gasteiger partial charge is 0.310 e. The molecule has 0 radical (unpaired) electrons. The zero-order valence-corrected chi connectivity index (χ0v) is 12.4. The van der Waals surface area contributed by atoms with Crippen molar-refractivity contribution in [2.45, 2.75) is 19.8 Å². The third kappa shape index (κ3) is 3.41. The molecule has 1 aromatic carbocycles. The molecule has 0 spiro atoms. The Morgan fingerprint density at radius 2 is 2.15 bits per heavy atom. The van der Waals surface area contributed by atoms with E-state index < -0.39 is 0 Å². The van der Waals surface area contributed by atoms with Crippen LogP contribution >= 0.6 is 11.6 Å². The quantitative estimate of drug-likeness (QED) is 0.670. The van der Waals surface area contributed by atoms with Gasteiger partial charge < -0.3 is 10.2 Å². The van der Waals surface area contributed by atoms with E-state index in [0.717, 1.165) is 39.0 Å². The lowest BCUT2D eigenvalue weighted by atomic mass is 9.96. The molecule has 1 saturated heterocycles. The van der Waals surface area contributed by atoms with Crippen LogP contribution in [0.4, 0.5) is 11.4 Å². The maximum absolute atomic E-state index is 11.2. The standard InChI is InChI=1S/C14H20ClN3O2/c1-2-16-10-11-6-8-17(9-7-11)13-5-3-4-12(15)14(13)18(19)20/h3-5,11,16H,2,6-10H2,1H3. The van der Waals surface area contributed by atoms with Crippen molar-refractivity contribution in [3.63, 3.8) is 0 Å². The Morgan fingerprint density at radius 3 is 2.75 bits per heavy atom. The fraction of sp³-hybridized carbons (Fsp3) is 0.571. The molecule has 1 N–H and O–H groups in total. The van der Waals surface area contributed by atoms with Crippen LogP contribution in [0, 0.1) is 16.0 Å². The van der Waals surface area contributed by atoms with Gasteiger partial charge in [-0.2, -0.15) is 0 Å². The maximum Gasteiger partial charge on any atom is 0.310 e. The molecule has 5 nitrogen and oxygen atoms in total. The number of benzene rings is 1. The van der Waals surface area contributed by atoms with E-state index in [1.54, 1.807) is 18.2 Å². The number of nitro benzene ring substituents is 1. The number of nitro groups is 1. The van der Waals surface area contributed by atoms with Crippen molar-refractivity contribution in [1.82, 2.24) is 5.32 Å². The van der Waals surface area contributed by atoms with Gasteiger partial charge in [0.25, 0.3) is 0 Å². The Balaban J connectivity index is 2.07. The van der Waals surface area contributed by atoms with Gasteiger partial charge in [-0.15, -0.1) is 0 Å². The van der Waals surface area contributed by atoms with Crippen molar-refractivity contribution < 1.29 is 4.92 Å². The molecule has 6 heteroatoms. The van der Waals surface area contributed by atoms with Crippen molar-refractivity contribution in [3.05, 3.63) is 33.3 Å². The van der Waals surface area contributed by atoms with E-state index in [1.165, 1.54) is 0 Å². The van der Waals surface area contributed by atoms with Crippen molar-refractivity contribution in [1.29, 1.82) is 0 Å². The SMILES string of the molecule is CCNCC1CCN(c2cccc(Cl)c2[N+](=O)[O-])CC1. The van der Waals surface area contributed by atoms with Crippen molar-refractivity contribution in [3.8, 4) is 0 Å². The van der Waals surface area contributed by atoms with Crippen LogP contribution in [0.5, 0.6) is 0 Å². The van der Waals surface area contributed by atoms with Gasteiger partial charge in [-0.1, -0.05) is 24.6 Å². The van der Waals surface area contributed by atoms with E-state index in [2.05, 4.69) is 17.1 Å². The Morgan fingerprint density at radius 1 is 1.45 bits per heavy atom. The van der Waals surface area contributed by atoms with Crippen LogP contribution in [0.3, 0.4) is 0 Å². The van der Waals surface area contributed by atoms with E-state index in [1.807, 2.05) is 0 Å². The highest BCUT2D eigenvalue weighted by atomic mass is 35.5. The number of nitrogens with zero attached hydrogens (tertiary/aromatic N) is 2. The summed E-state index contributed by atoms with van der Waals surface area (Å²) in [5.74, 6) is 0.657. The summed E-state index contributed by atoms with van der Waals surface area (Å²) in [5.41, 5.74) is 0.670. The molecule has 0 bridgehead atoms. The second kappa shape index (κ2) is 6.90. The lowest BCUT2D eigenvalue weighted by Crippen LogP contribution is -2.37. The molecule has 0 aromatic heterocycles. The summed E-state index contributed by atoms with van der Waals surface area (Å²) in [4.78, 5) is 12.9. The first-order chi connectivity index (χ1) is 9.63. The van der Waals surface area contributed by atoms with Gasteiger partial charge in [0, 0.05) is 13.1 Å².